The van der Waals surface area contributed by atoms with Crippen LogP contribution in [0.3, 0.4) is 0 Å². The number of amides is 1. The van der Waals surface area contributed by atoms with Crippen molar-refractivity contribution >= 4 is 47.2 Å². The Balaban J connectivity index is 0.00000341. The molecule has 0 N–H and O–H groups in total. The summed E-state index contributed by atoms with van der Waals surface area (Å²) in [5, 5.41) is 0.785. The molecule has 31 heavy (non-hydrogen) atoms. The van der Waals surface area contributed by atoms with Crippen molar-refractivity contribution in [2.24, 2.45) is 11.8 Å². The van der Waals surface area contributed by atoms with E-state index in [1.54, 1.807) is 29.2 Å². The van der Waals surface area contributed by atoms with E-state index in [0.717, 1.165) is 0 Å². The van der Waals surface area contributed by atoms with E-state index < -0.39 is 0 Å². The maximum Gasteiger partial charge on any atom is 0.229 e. The predicted molar refractivity (Wildman–Crippen MR) is 129 cm³/mol. The Hall–Kier alpha value is -1.77. The maximum absolute atomic E-state index is 14.1. The highest BCUT2D eigenvalue weighted by atomic mass is 35.5. The molecule has 2 aromatic carbocycles. The zero-order valence-corrected chi connectivity index (χ0v) is 20.1. The molecule has 166 valence electrons. The fourth-order valence-corrected chi connectivity index (χ4v) is 4.50. The fourth-order valence-electron chi connectivity index (χ4n) is 3.81. The first-order valence-corrected chi connectivity index (χ1v) is 10.7. The Labute approximate surface area is 199 Å². The number of nitrogens with zero attached hydrogens (tertiary/aromatic N) is 2. The molecular formula is C24H26Cl3FN2O. The molecule has 3 rings (SSSR count). The van der Waals surface area contributed by atoms with Crippen molar-refractivity contribution < 1.29 is 9.18 Å². The second kappa shape index (κ2) is 11.2. The molecule has 0 bridgehead atoms. The third kappa shape index (κ3) is 6.37. The van der Waals surface area contributed by atoms with E-state index in [-0.39, 0.29) is 36.0 Å². The number of anilines is 1. The van der Waals surface area contributed by atoms with E-state index in [9.17, 15) is 9.18 Å². The van der Waals surface area contributed by atoms with Crippen molar-refractivity contribution in [3.8, 4) is 11.8 Å². The van der Waals surface area contributed by atoms with Gasteiger partial charge in [-0.15, -0.1) is 12.4 Å². The Kier molecular flexibility index (Phi) is 9.21. The maximum atomic E-state index is 14.1. The van der Waals surface area contributed by atoms with E-state index >= 15 is 0 Å². The number of benzene rings is 2. The summed E-state index contributed by atoms with van der Waals surface area (Å²) in [4.78, 5) is 16.5. The molecule has 1 heterocycles. The van der Waals surface area contributed by atoms with Gasteiger partial charge in [-0.1, -0.05) is 60.2 Å². The van der Waals surface area contributed by atoms with Crippen LogP contribution < -0.4 is 4.90 Å². The van der Waals surface area contributed by atoms with Crippen molar-refractivity contribution in [3.63, 3.8) is 0 Å². The largest absolute Gasteiger partial charge is 0.309 e. The van der Waals surface area contributed by atoms with E-state index in [1.165, 1.54) is 6.07 Å². The lowest BCUT2D eigenvalue weighted by Gasteiger charge is -2.37. The number of carbonyl (C=O) groups is 1. The predicted octanol–water partition coefficient (Wildman–Crippen LogP) is 5.70. The van der Waals surface area contributed by atoms with Crippen LogP contribution in [0, 0.1) is 29.5 Å². The first-order valence-electron chi connectivity index (χ1n) is 9.93. The van der Waals surface area contributed by atoms with Gasteiger partial charge in [-0.3, -0.25) is 9.69 Å². The molecule has 2 aromatic rings. The molecule has 3 nitrogen and oxygen atoms in total. The average molecular weight is 484 g/mol. The molecule has 7 heteroatoms. The molecule has 1 fully saturated rings. The molecule has 0 aromatic heterocycles. The summed E-state index contributed by atoms with van der Waals surface area (Å²) in [6.45, 7) is 2.96. The van der Waals surface area contributed by atoms with Crippen molar-refractivity contribution in [1.29, 1.82) is 0 Å². The van der Waals surface area contributed by atoms with Gasteiger partial charge in [0, 0.05) is 18.0 Å². The van der Waals surface area contributed by atoms with Crippen LogP contribution in [0.2, 0.25) is 10.0 Å². The third-order valence-corrected chi connectivity index (χ3v) is 5.77. The van der Waals surface area contributed by atoms with Gasteiger partial charge in [0.05, 0.1) is 22.3 Å². The van der Waals surface area contributed by atoms with E-state index in [1.807, 2.05) is 32.0 Å². The van der Waals surface area contributed by atoms with Crippen LogP contribution in [0.25, 0.3) is 0 Å². The highest BCUT2D eigenvalue weighted by molar-refractivity contribution is 6.40. The quantitative estimate of drug-likeness (QED) is 0.521. The zero-order valence-electron chi connectivity index (χ0n) is 17.8. The van der Waals surface area contributed by atoms with Gasteiger partial charge in [-0.05, 0) is 56.6 Å². The summed E-state index contributed by atoms with van der Waals surface area (Å²) in [6, 6.07) is 10.3. The summed E-state index contributed by atoms with van der Waals surface area (Å²) < 4.78 is 14.1. The molecule has 1 aliphatic rings. The minimum absolute atomic E-state index is 0. The van der Waals surface area contributed by atoms with Crippen molar-refractivity contribution in [2.75, 3.05) is 32.1 Å². The summed E-state index contributed by atoms with van der Waals surface area (Å²) in [7, 11) is 3.89. The summed E-state index contributed by atoms with van der Waals surface area (Å²) in [5.41, 5.74) is 1.87. The average Bonchev–Trinajstić information content (AvgIpc) is 2.66. The van der Waals surface area contributed by atoms with Crippen molar-refractivity contribution in [2.45, 2.75) is 19.8 Å². The number of halogens is 4. The monoisotopic (exact) mass is 482 g/mol. The minimum Gasteiger partial charge on any atom is -0.309 e. The van der Waals surface area contributed by atoms with E-state index in [4.69, 9.17) is 23.2 Å². The van der Waals surface area contributed by atoms with E-state index in [0.29, 0.717) is 52.8 Å². The lowest BCUT2D eigenvalue weighted by atomic mass is 9.85. The molecule has 0 saturated carbocycles. The van der Waals surface area contributed by atoms with E-state index in [2.05, 4.69) is 11.8 Å². The highest BCUT2D eigenvalue weighted by Gasteiger charge is 2.34. The van der Waals surface area contributed by atoms with Gasteiger partial charge in [0.25, 0.3) is 0 Å². The Morgan fingerprint density at radius 1 is 1.19 bits per heavy atom. The molecule has 1 aliphatic heterocycles. The van der Waals surface area contributed by atoms with Gasteiger partial charge >= 0.3 is 0 Å². The smallest absolute Gasteiger partial charge is 0.229 e. The summed E-state index contributed by atoms with van der Waals surface area (Å²) >= 11 is 13.1. The minimum atomic E-state index is -0.217. The Morgan fingerprint density at radius 2 is 1.84 bits per heavy atom. The van der Waals surface area contributed by atoms with Crippen molar-refractivity contribution in [1.82, 2.24) is 4.90 Å². The van der Waals surface area contributed by atoms with Crippen molar-refractivity contribution in [3.05, 3.63) is 63.4 Å². The number of carbonyl (C=O) groups excluding carboxylic acids is 1. The molecule has 0 aliphatic carbocycles. The SMILES string of the molecule is C[C@@H]1C[C@H](Cc2ccccc2F)CN(c2c(Cl)cc(C#CCN(C)C)cc2Cl)C1=O.Cl. The first kappa shape index (κ1) is 25.5. The zero-order chi connectivity index (χ0) is 21.8. The molecule has 0 spiro atoms. The molecule has 1 saturated heterocycles. The topological polar surface area (TPSA) is 23.6 Å². The van der Waals surface area contributed by atoms with Crippen LogP contribution in [0.4, 0.5) is 10.1 Å². The van der Waals surface area contributed by atoms with Gasteiger partial charge in [-0.2, -0.15) is 0 Å². The van der Waals surface area contributed by atoms with Gasteiger partial charge in [-0.25, -0.2) is 4.39 Å². The molecular weight excluding hydrogens is 458 g/mol. The van der Waals surface area contributed by atoms with Gasteiger partial charge in [0.2, 0.25) is 5.91 Å². The number of piperidine rings is 1. The van der Waals surface area contributed by atoms with Crippen LogP contribution in [0.1, 0.15) is 24.5 Å². The van der Waals surface area contributed by atoms with Crippen LogP contribution in [0.15, 0.2) is 36.4 Å². The lowest BCUT2D eigenvalue weighted by Crippen LogP contribution is -2.45. The Bertz CT molecular complexity index is 977. The van der Waals surface area contributed by atoms with Gasteiger partial charge in [0.15, 0.2) is 0 Å². The normalized spacial score (nSPS) is 18.4. The first-order chi connectivity index (χ1) is 14.3. The molecule has 0 radical (unpaired) electrons. The van der Waals surface area contributed by atoms with Crippen LogP contribution >= 0.6 is 35.6 Å². The standard InChI is InChI=1S/C24H25Cl2FN2O.ClH/c1-16-11-18(12-19-8-4-5-9-22(19)27)15-29(24(16)30)23-20(25)13-17(14-21(23)26)7-6-10-28(2)3;/h4-5,8-9,13-14,16,18H,10-12,15H2,1-3H3;1H/t16-,18-;/m1./s1. The molecule has 2 atom stereocenters. The summed E-state index contributed by atoms with van der Waals surface area (Å²) in [6.07, 6.45) is 1.26. The number of hydrogen-bond acceptors (Lipinski definition) is 2. The van der Waals surface area contributed by atoms with Crippen LogP contribution in [0.5, 0.6) is 0 Å². The molecule has 0 unspecified atom stereocenters. The molecule has 1 amide bonds. The van der Waals surface area contributed by atoms with Gasteiger partial charge in [0.1, 0.15) is 5.82 Å². The highest BCUT2D eigenvalue weighted by Crippen LogP contribution is 2.39. The number of rotatable bonds is 4. The second-order valence-electron chi connectivity index (χ2n) is 8.08. The summed E-state index contributed by atoms with van der Waals surface area (Å²) in [5.74, 6) is 5.79. The lowest BCUT2D eigenvalue weighted by molar-refractivity contribution is -0.124. The second-order valence-corrected chi connectivity index (χ2v) is 8.89. The third-order valence-electron chi connectivity index (χ3n) is 5.20. The van der Waals surface area contributed by atoms with Crippen LogP contribution in [-0.2, 0) is 11.2 Å². The Morgan fingerprint density at radius 3 is 2.45 bits per heavy atom. The van der Waals surface area contributed by atoms with Crippen LogP contribution in [-0.4, -0.2) is 38.0 Å². The fraction of sp³-hybridized carbons (Fsp3) is 0.375. The number of hydrogen-bond donors (Lipinski definition) is 0. The van der Waals surface area contributed by atoms with Gasteiger partial charge < -0.3 is 4.90 Å².